The van der Waals surface area contributed by atoms with Gasteiger partial charge in [-0.05, 0) is 25.1 Å². The van der Waals surface area contributed by atoms with Crippen molar-refractivity contribution >= 4 is 42.1 Å². The Morgan fingerprint density at radius 3 is 2.96 bits per heavy atom. The molecule has 0 saturated carbocycles. The molecular weight excluding hydrogens is 367 g/mol. The zero-order valence-electron chi connectivity index (χ0n) is 13.0. The molecule has 3 rings (SSSR count). The van der Waals surface area contributed by atoms with Gasteiger partial charge in [0, 0.05) is 36.4 Å². The van der Waals surface area contributed by atoms with E-state index < -0.39 is 0 Å². The number of pyridine rings is 1. The summed E-state index contributed by atoms with van der Waals surface area (Å²) in [6.07, 6.45) is 6.99. The minimum atomic E-state index is 0. The molecule has 130 valence electrons. The summed E-state index contributed by atoms with van der Waals surface area (Å²) in [6.45, 7) is 2.52. The van der Waals surface area contributed by atoms with E-state index in [1.807, 2.05) is 17.5 Å². The maximum Gasteiger partial charge on any atom is 0.226 e. The number of nitrogens with zero attached hydrogens (tertiary/aromatic N) is 2. The van der Waals surface area contributed by atoms with Crippen LogP contribution in [0.1, 0.15) is 12.1 Å². The molecule has 0 radical (unpaired) electrons. The maximum absolute atomic E-state index is 12.0. The standard InChI is InChI=1S/C16H18N4OS.2ClH/c21-15(19-9-12-3-6-17-7-4-12)8-14-11-22-16(20-14)13-2-1-5-18-10-13;;/h1-3,5,10-11,17H,4,6-9H2,(H,19,21);2*1H. The van der Waals surface area contributed by atoms with Gasteiger partial charge in [0.05, 0.1) is 12.1 Å². The summed E-state index contributed by atoms with van der Waals surface area (Å²) in [7, 11) is 0. The lowest BCUT2D eigenvalue weighted by atomic mass is 10.1. The first-order chi connectivity index (χ1) is 10.8. The molecule has 1 amide bonds. The third kappa shape index (κ3) is 5.87. The first-order valence-electron chi connectivity index (χ1n) is 7.31. The molecule has 8 heteroatoms. The number of hydrogen-bond acceptors (Lipinski definition) is 5. The number of carbonyl (C=O) groups excluding carboxylic acids is 1. The molecule has 0 aromatic carbocycles. The molecule has 0 fully saturated rings. The average molecular weight is 387 g/mol. The summed E-state index contributed by atoms with van der Waals surface area (Å²) in [5.74, 6) is 0.0162. The van der Waals surface area contributed by atoms with Crippen LogP contribution in [0.5, 0.6) is 0 Å². The molecule has 0 spiro atoms. The van der Waals surface area contributed by atoms with Crippen molar-refractivity contribution in [2.24, 2.45) is 0 Å². The topological polar surface area (TPSA) is 66.9 Å². The highest BCUT2D eigenvalue weighted by Gasteiger charge is 2.10. The number of nitrogens with one attached hydrogen (secondary N) is 2. The molecule has 1 aliphatic heterocycles. The summed E-state index contributed by atoms with van der Waals surface area (Å²) in [6, 6.07) is 3.86. The quantitative estimate of drug-likeness (QED) is 0.775. The second kappa shape index (κ2) is 10.4. The Morgan fingerprint density at radius 1 is 1.38 bits per heavy atom. The van der Waals surface area contributed by atoms with Crippen molar-refractivity contribution in [3.8, 4) is 10.6 Å². The van der Waals surface area contributed by atoms with E-state index in [-0.39, 0.29) is 30.7 Å². The highest BCUT2D eigenvalue weighted by molar-refractivity contribution is 7.13. The van der Waals surface area contributed by atoms with E-state index in [0.29, 0.717) is 13.0 Å². The highest BCUT2D eigenvalue weighted by atomic mass is 35.5. The van der Waals surface area contributed by atoms with E-state index in [2.05, 4.69) is 26.7 Å². The molecular formula is C16H20Cl2N4OS. The van der Waals surface area contributed by atoms with Crippen molar-refractivity contribution in [2.45, 2.75) is 12.8 Å². The van der Waals surface area contributed by atoms with Crippen LogP contribution < -0.4 is 10.6 Å². The van der Waals surface area contributed by atoms with Gasteiger partial charge in [-0.25, -0.2) is 4.98 Å². The number of thiazole rings is 1. The zero-order valence-corrected chi connectivity index (χ0v) is 15.5. The number of rotatable bonds is 5. The van der Waals surface area contributed by atoms with Crippen molar-refractivity contribution < 1.29 is 4.79 Å². The molecule has 0 aliphatic carbocycles. The van der Waals surface area contributed by atoms with Crippen LogP contribution >= 0.6 is 36.2 Å². The van der Waals surface area contributed by atoms with Gasteiger partial charge in [-0.1, -0.05) is 11.6 Å². The molecule has 2 aromatic heterocycles. The highest BCUT2D eigenvalue weighted by Crippen LogP contribution is 2.22. The molecule has 24 heavy (non-hydrogen) atoms. The number of aromatic nitrogens is 2. The van der Waals surface area contributed by atoms with Crippen LogP contribution in [0.3, 0.4) is 0 Å². The fraction of sp³-hybridized carbons (Fsp3) is 0.312. The molecule has 2 N–H and O–H groups in total. The normalized spacial score (nSPS) is 13.2. The Bertz CT molecular complexity index is 676. The van der Waals surface area contributed by atoms with Crippen molar-refractivity contribution in [1.82, 2.24) is 20.6 Å². The van der Waals surface area contributed by atoms with E-state index in [1.54, 1.807) is 23.7 Å². The second-order valence-corrected chi connectivity index (χ2v) is 6.01. The monoisotopic (exact) mass is 386 g/mol. The molecule has 2 aromatic rings. The van der Waals surface area contributed by atoms with E-state index in [0.717, 1.165) is 35.8 Å². The predicted molar refractivity (Wildman–Crippen MR) is 102 cm³/mol. The van der Waals surface area contributed by atoms with Crippen molar-refractivity contribution in [3.63, 3.8) is 0 Å². The first kappa shape index (κ1) is 20.6. The minimum Gasteiger partial charge on any atom is -0.352 e. The SMILES string of the molecule is Cl.Cl.O=C(Cc1csc(-c2cccnc2)n1)NCC1=CCNCC1. The molecule has 0 unspecified atom stereocenters. The summed E-state index contributed by atoms with van der Waals surface area (Å²) in [5.41, 5.74) is 3.08. The van der Waals surface area contributed by atoms with Gasteiger partial charge >= 0.3 is 0 Å². The number of carbonyl (C=O) groups is 1. The largest absolute Gasteiger partial charge is 0.352 e. The van der Waals surface area contributed by atoms with E-state index in [1.165, 1.54) is 5.57 Å². The van der Waals surface area contributed by atoms with Crippen LogP contribution in [0, 0.1) is 0 Å². The van der Waals surface area contributed by atoms with Crippen molar-refractivity contribution in [2.75, 3.05) is 19.6 Å². The molecule has 0 bridgehead atoms. The van der Waals surface area contributed by atoms with Gasteiger partial charge < -0.3 is 10.6 Å². The van der Waals surface area contributed by atoms with Crippen LogP contribution in [0.2, 0.25) is 0 Å². The molecule has 1 aliphatic rings. The third-order valence-corrected chi connectivity index (χ3v) is 4.41. The fourth-order valence-corrected chi connectivity index (χ4v) is 3.09. The summed E-state index contributed by atoms with van der Waals surface area (Å²) in [4.78, 5) is 20.6. The van der Waals surface area contributed by atoms with Crippen LogP contribution in [-0.4, -0.2) is 35.5 Å². The maximum atomic E-state index is 12.0. The smallest absolute Gasteiger partial charge is 0.226 e. The van der Waals surface area contributed by atoms with Crippen LogP contribution in [0.15, 0.2) is 41.6 Å². The molecule has 0 saturated heterocycles. The van der Waals surface area contributed by atoms with Crippen LogP contribution in [0.25, 0.3) is 10.6 Å². The van der Waals surface area contributed by atoms with E-state index in [9.17, 15) is 4.79 Å². The lowest BCUT2D eigenvalue weighted by molar-refractivity contribution is -0.120. The van der Waals surface area contributed by atoms with Crippen molar-refractivity contribution in [3.05, 3.63) is 47.2 Å². The van der Waals surface area contributed by atoms with Gasteiger partial charge in [0.15, 0.2) is 0 Å². The van der Waals surface area contributed by atoms with Gasteiger partial charge in [0.2, 0.25) is 5.91 Å². The number of hydrogen-bond donors (Lipinski definition) is 2. The first-order valence-corrected chi connectivity index (χ1v) is 8.19. The Kier molecular flexibility index (Phi) is 8.92. The van der Waals surface area contributed by atoms with E-state index in [4.69, 9.17) is 0 Å². The lowest BCUT2D eigenvalue weighted by Gasteiger charge is -2.14. The number of amides is 1. The van der Waals surface area contributed by atoms with Gasteiger partial charge in [-0.3, -0.25) is 9.78 Å². The Balaban J connectivity index is 0.00000144. The molecule has 3 heterocycles. The van der Waals surface area contributed by atoms with Gasteiger partial charge in [0.25, 0.3) is 0 Å². The van der Waals surface area contributed by atoms with Crippen LogP contribution in [-0.2, 0) is 11.2 Å². The second-order valence-electron chi connectivity index (χ2n) is 5.16. The van der Waals surface area contributed by atoms with Crippen molar-refractivity contribution in [1.29, 1.82) is 0 Å². The fourth-order valence-electron chi connectivity index (χ4n) is 2.28. The minimum absolute atomic E-state index is 0. The molecule has 0 atom stereocenters. The molecule has 5 nitrogen and oxygen atoms in total. The lowest BCUT2D eigenvalue weighted by Crippen LogP contribution is -2.30. The summed E-state index contributed by atoms with van der Waals surface area (Å²) in [5, 5.41) is 9.06. The van der Waals surface area contributed by atoms with Gasteiger partial charge in [-0.15, -0.1) is 36.2 Å². The zero-order chi connectivity index (χ0) is 15.2. The van der Waals surface area contributed by atoms with Gasteiger partial charge in [0.1, 0.15) is 5.01 Å². The Morgan fingerprint density at radius 2 is 2.25 bits per heavy atom. The van der Waals surface area contributed by atoms with Crippen LogP contribution in [0.4, 0.5) is 0 Å². The summed E-state index contributed by atoms with van der Waals surface area (Å²) >= 11 is 1.54. The van der Waals surface area contributed by atoms with E-state index >= 15 is 0 Å². The number of halogens is 2. The summed E-state index contributed by atoms with van der Waals surface area (Å²) < 4.78 is 0. The Hall–Kier alpha value is -1.47. The third-order valence-electron chi connectivity index (χ3n) is 3.47. The van der Waals surface area contributed by atoms with Gasteiger partial charge in [-0.2, -0.15) is 0 Å². The average Bonchev–Trinajstić information content (AvgIpc) is 3.03. The Labute approximate surface area is 157 Å². The predicted octanol–water partition coefficient (Wildman–Crippen LogP) is 2.63.